The third kappa shape index (κ3) is 2.96. The molecule has 0 spiro atoms. The molecule has 0 amide bonds. The van der Waals surface area contributed by atoms with Crippen molar-refractivity contribution in [2.75, 3.05) is 0 Å². The van der Waals surface area contributed by atoms with E-state index in [1.807, 2.05) is 0 Å². The van der Waals surface area contributed by atoms with Crippen molar-refractivity contribution in [3.05, 3.63) is 82.4 Å². The SMILES string of the molecule is O=P(O)(O)C1=C(c2ccccc2)C(P(=O)(O)O)=C1c1ccccc1. The van der Waals surface area contributed by atoms with Gasteiger partial charge >= 0.3 is 15.2 Å². The molecule has 0 unspecified atom stereocenters. The highest BCUT2D eigenvalue weighted by Gasteiger charge is 2.46. The number of hydrogen-bond donors (Lipinski definition) is 4. The van der Waals surface area contributed by atoms with E-state index in [2.05, 4.69) is 0 Å². The molecule has 0 bridgehead atoms. The second-order valence-corrected chi connectivity index (χ2v) is 8.34. The summed E-state index contributed by atoms with van der Waals surface area (Å²) in [6.45, 7) is 0. The first-order valence-corrected chi connectivity index (χ1v) is 10.2. The molecule has 0 aromatic heterocycles. The molecule has 0 atom stereocenters. The van der Waals surface area contributed by atoms with Gasteiger partial charge in [0.2, 0.25) is 0 Å². The lowest BCUT2D eigenvalue weighted by molar-refractivity contribution is 0.382. The van der Waals surface area contributed by atoms with E-state index in [4.69, 9.17) is 0 Å². The maximum Gasteiger partial charge on any atom is 0.357 e. The van der Waals surface area contributed by atoms with Crippen LogP contribution in [0.4, 0.5) is 0 Å². The maximum atomic E-state index is 12.0. The molecule has 4 N–H and O–H groups in total. The van der Waals surface area contributed by atoms with Gasteiger partial charge in [-0.15, -0.1) is 0 Å². The molecule has 2 aromatic rings. The largest absolute Gasteiger partial charge is 0.357 e. The average molecular weight is 364 g/mol. The van der Waals surface area contributed by atoms with Crippen LogP contribution in [0.3, 0.4) is 0 Å². The van der Waals surface area contributed by atoms with Gasteiger partial charge < -0.3 is 19.6 Å². The smallest absolute Gasteiger partial charge is 0.321 e. The summed E-state index contributed by atoms with van der Waals surface area (Å²) in [7, 11) is -9.48. The number of benzene rings is 2. The van der Waals surface area contributed by atoms with Crippen molar-refractivity contribution < 1.29 is 28.7 Å². The second kappa shape index (κ2) is 5.94. The first-order valence-electron chi connectivity index (χ1n) is 6.93. The van der Waals surface area contributed by atoms with Gasteiger partial charge in [0.05, 0.1) is 10.6 Å². The van der Waals surface area contributed by atoms with E-state index in [9.17, 15) is 28.7 Å². The standard InChI is InChI=1S/C16H14O6P2/c17-23(18,19)15-13(11-7-3-1-4-8-11)16(24(20,21)22)14(15)12-9-5-2-6-10-12/h1-10H,(H2,17,18,19)(H2,20,21,22). The van der Waals surface area contributed by atoms with Crippen LogP contribution >= 0.6 is 15.2 Å². The van der Waals surface area contributed by atoms with Crippen molar-refractivity contribution >= 4 is 26.3 Å². The molecular weight excluding hydrogens is 350 g/mol. The van der Waals surface area contributed by atoms with E-state index in [0.29, 0.717) is 11.1 Å². The van der Waals surface area contributed by atoms with Gasteiger partial charge in [0, 0.05) is 11.1 Å². The monoisotopic (exact) mass is 364 g/mol. The summed E-state index contributed by atoms with van der Waals surface area (Å²) in [4.78, 5) is 39.0. The van der Waals surface area contributed by atoms with Crippen LogP contribution in [0.1, 0.15) is 11.1 Å². The third-order valence-electron chi connectivity index (χ3n) is 3.65. The molecule has 0 fully saturated rings. The fourth-order valence-corrected chi connectivity index (χ4v) is 5.06. The van der Waals surface area contributed by atoms with Gasteiger partial charge in [-0.05, 0) is 11.1 Å². The summed E-state index contributed by atoms with van der Waals surface area (Å²) < 4.78 is 24.0. The van der Waals surface area contributed by atoms with Crippen molar-refractivity contribution in [2.24, 2.45) is 0 Å². The van der Waals surface area contributed by atoms with E-state index in [0.717, 1.165) is 0 Å². The van der Waals surface area contributed by atoms with Crippen LogP contribution in [0.5, 0.6) is 0 Å². The van der Waals surface area contributed by atoms with Crippen LogP contribution in [-0.2, 0) is 9.13 Å². The van der Waals surface area contributed by atoms with Crippen LogP contribution in [0, 0.1) is 0 Å². The molecule has 0 saturated carbocycles. The number of hydrogen-bond acceptors (Lipinski definition) is 2. The minimum atomic E-state index is -4.74. The zero-order valence-corrected chi connectivity index (χ0v) is 14.1. The molecule has 0 radical (unpaired) electrons. The summed E-state index contributed by atoms with van der Waals surface area (Å²) in [6, 6.07) is 16.2. The maximum absolute atomic E-state index is 12.0. The summed E-state index contributed by atoms with van der Waals surface area (Å²) >= 11 is 0. The minimum absolute atomic E-state index is 0.0730. The lowest BCUT2D eigenvalue weighted by Gasteiger charge is -2.32. The van der Waals surface area contributed by atoms with Gasteiger partial charge in [-0.3, -0.25) is 9.13 Å². The highest BCUT2D eigenvalue weighted by atomic mass is 31.2. The molecule has 6 nitrogen and oxygen atoms in total. The summed E-state index contributed by atoms with van der Waals surface area (Å²) in [6.07, 6.45) is 0. The molecule has 3 rings (SSSR count). The third-order valence-corrected chi connectivity index (χ3v) is 5.71. The Labute approximate surface area is 138 Å². The Morgan fingerprint density at radius 1 is 0.542 bits per heavy atom. The topological polar surface area (TPSA) is 115 Å². The van der Waals surface area contributed by atoms with Gasteiger partial charge in [0.1, 0.15) is 0 Å². The predicted octanol–water partition coefficient (Wildman–Crippen LogP) is 3.18. The molecule has 124 valence electrons. The highest BCUT2D eigenvalue weighted by Crippen LogP contribution is 2.70. The second-order valence-electron chi connectivity index (χ2n) is 5.27. The molecule has 0 heterocycles. The molecule has 2 aromatic carbocycles. The predicted molar refractivity (Wildman–Crippen MR) is 90.8 cm³/mol. The summed E-state index contributed by atoms with van der Waals surface area (Å²) in [5.74, 6) is 0. The molecule has 0 saturated heterocycles. The van der Waals surface area contributed by atoms with E-state index < -0.39 is 15.2 Å². The number of rotatable bonds is 4. The van der Waals surface area contributed by atoms with Crippen LogP contribution < -0.4 is 0 Å². The first kappa shape index (κ1) is 17.1. The Balaban J connectivity index is 2.32. The van der Waals surface area contributed by atoms with E-state index in [1.165, 1.54) is 0 Å². The zero-order chi connectivity index (χ0) is 17.5. The van der Waals surface area contributed by atoms with Gasteiger partial charge in [0.25, 0.3) is 0 Å². The van der Waals surface area contributed by atoms with E-state index in [1.54, 1.807) is 60.7 Å². The quantitative estimate of drug-likeness (QED) is 0.620. The molecule has 1 aliphatic carbocycles. The van der Waals surface area contributed by atoms with Crippen molar-refractivity contribution in [3.63, 3.8) is 0 Å². The van der Waals surface area contributed by atoms with Crippen LogP contribution in [0.2, 0.25) is 0 Å². The Morgan fingerprint density at radius 2 is 0.833 bits per heavy atom. The summed E-state index contributed by atoms with van der Waals surface area (Å²) in [5.41, 5.74) is 0.565. The van der Waals surface area contributed by atoms with Crippen LogP contribution in [-0.4, -0.2) is 19.6 Å². The average Bonchev–Trinajstić information content (AvgIpc) is 2.45. The van der Waals surface area contributed by atoms with Crippen LogP contribution in [0.25, 0.3) is 11.1 Å². The van der Waals surface area contributed by atoms with E-state index >= 15 is 0 Å². The van der Waals surface area contributed by atoms with Crippen molar-refractivity contribution in [1.82, 2.24) is 0 Å². The normalized spacial score (nSPS) is 15.5. The molecule has 1 aliphatic rings. The molecule has 8 heteroatoms. The minimum Gasteiger partial charge on any atom is -0.321 e. The van der Waals surface area contributed by atoms with Gasteiger partial charge in [-0.2, -0.15) is 0 Å². The van der Waals surface area contributed by atoms with Gasteiger partial charge in [-0.1, -0.05) is 60.7 Å². The first-order chi connectivity index (χ1) is 11.2. The lowest BCUT2D eigenvalue weighted by atomic mass is 9.88. The van der Waals surface area contributed by atoms with Crippen molar-refractivity contribution in [2.45, 2.75) is 0 Å². The molecule has 24 heavy (non-hydrogen) atoms. The lowest BCUT2D eigenvalue weighted by Crippen LogP contribution is -2.12. The Hall–Kier alpha value is -1.78. The van der Waals surface area contributed by atoms with Gasteiger partial charge in [-0.25, -0.2) is 0 Å². The van der Waals surface area contributed by atoms with Gasteiger partial charge in [0.15, 0.2) is 0 Å². The molecular formula is C16H14O6P2. The summed E-state index contributed by atoms with van der Waals surface area (Å²) in [5, 5.41) is -0.670. The van der Waals surface area contributed by atoms with E-state index in [-0.39, 0.29) is 21.8 Å². The highest BCUT2D eigenvalue weighted by molar-refractivity contribution is 7.61. The molecule has 0 aliphatic heterocycles. The van der Waals surface area contributed by atoms with Crippen molar-refractivity contribution in [1.29, 1.82) is 0 Å². The fourth-order valence-electron chi connectivity index (χ4n) is 2.75. The van der Waals surface area contributed by atoms with Crippen LogP contribution in [0.15, 0.2) is 71.3 Å². The van der Waals surface area contributed by atoms with Crippen molar-refractivity contribution in [3.8, 4) is 0 Å². The Bertz CT molecular complexity index is 845. The Morgan fingerprint density at radius 3 is 1.08 bits per heavy atom. The number of allylic oxidation sites excluding steroid dienone is 4. The fraction of sp³-hybridized carbons (Fsp3) is 0. The zero-order valence-electron chi connectivity index (χ0n) is 12.3. The Kier molecular flexibility index (Phi) is 4.22.